The molecule has 0 fully saturated rings. The molecule has 2 aromatic carbocycles. The zero-order valence-electron chi connectivity index (χ0n) is 16.7. The topological polar surface area (TPSA) is 68.2 Å². The average Bonchev–Trinajstić information content (AvgIpc) is 2.95. The van der Waals surface area contributed by atoms with Gasteiger partial charge in [0.1, 0.15) is 0 Å². The second kappa shape index (κ2) is 8.19. The molecule has 7 heteroatoms. The molecule has 1 N–H and O–H groups in total. The van der Waals surface area contributed by atoms with Crippen LogP contribution in [0.15, 0.2) is 46.1 Å². The lowest BCUT2D eigenvalue weighted by atomic mass is 9.98. The minimum atomic E-state index is -3.71. The van der Waals surface area contributed by atoms with E-state index in [1.54, 1.807) is 22.8 Å². The lowest BCUT2D eigenvalue weighted by Gasteiger charge is -2.20. The first kappa shape index (κ1) is 20.8. The minimum absolute atomic E-state index is 0.0546. The normalized spacial score (nSPS) is 13.1. The summed E-state index contributed by atoms with van der Waals surface area (Å²) in [7, 11) is -3.71. The van der Waals surface area contributed by atoms with Gasteiger partial charge < -0.3 is 0 Å². The second-order valence-corrected chi connectivity index (χ2v) is 9.80. The molecule has 0 aliphatic carbocycles. The molecule has 1 unspecified atom stereocenters. The van der Waals surface area contributed by atoms with E-state index in [-0.39, 0.29) is 15.8 Å². The van der Waals surface area contributed by atoms with Crippen molar-refractivity contribution in [3.05, 3.63) is 62.8 Å². The maximum absolute atomic E-state index is 13.0. The molecule has 1 heterocycles. The Morgan fingerprint density at radius 3 is 2.50 bits per heavy atom. The molecule has 0 amide bonds. The number of thiazole rings is 1. The van der Waals surface area contributed by atoms with E-state index < -0.39 is 10.0 Å². The fraction of sp³-hybridized carbons (Fsp3) is 0.381. The van der Waals surface area contributed by atoms with Gasteiger partial charge in [-0.3, -0.25) is 9.36 Å². The number of sulfonamides is 1. The molecule has 0 saturated carbocycles. The highest BCUT2D eigenvalue weighted by atomic mass is 32.2. The third-order valence-electron chi connectivity index (χ3n) is 4.90. The van der Waals surface area contributed by atoms with Crippen LogP contribution < -0.4 is 9.60 Å². The lowest BCUT2D eigenvalue weighted by Crippen LogP contribution is -2.28. The minimum Gasteiger partial charge on any atom is -0.299 e. The smallest absolute Gasteiger partial charge is 0.299 e. The molecule has 1 atom stereocenters. The van der Waals surface area contributed by atoms with Crippen molar-refractivity contribution in [3.63, 3.8) is 0 Å². The van der Waals surface area contributed by atoms with Gasteiger partial charge in [-0.1, -0.05) is 48.9 Å². The quantitative estimate of drug-likeness (QED) is 0.613. The summed E-state index contributed by atoms with van der Waals surface area (Å²) in [6.07, 6.45) is 1.49. The van der Waals surface area contributed by atoms with Crippen molar-refractivity contribution in [1.29, 1.82) is 0 Å². The van der Waals surface area contributed by atoms with Crippen molar-refractivity contribution >= 4 is 31.6 Å². The van der Waals surface area contributed by atoms with Gasteiger partial charge in [-0.05, 0) is 56.0 Å². The predicted octanol–water partition coefficient (Wildman–Crippen LogP) is 4.52. The van der Waals surface area contributed by atoms with Gasteiger partial charge >= 0.3 is 4.87 Å². The molecule has 0 radical (unpaired) electrons. The summed E-state index contributed by atoms with van der Waals surface area (Å²) in [6.45, 7) is 8.63. The summed E-state index contributed by atoms with van der Waals surface area (Å²) in [4.78, 5) is 12.3. The molecule has 0 bridgehead atoms. The Balaban J connectivity index is 1.96. The number of fused-ring (bicyclic) bond motifs is 1. The van der Waals surface area contributed by atoms with Gasteiger partial charge in [-0.15, -0.1) is 0 Å². The Morgan fingerprint density at radius 1 is 1.11 bits per heavy atom. The van der Waals surface area contributed by atoms with Crippen LogP contribution in [0.25, 0.3) is 10.2 Å². The Labute approximate surface area is 170 Å². The van der Waals surface area contributed by atoms with Gasteiger partial charge in [-0.2, -0.15) is 0 Å². The molecule has 28 heavy (non-hydrogen) atoms. The number of benzene rings is 2. The number of hydrogen-bond acceptors (Lipinski definition) is 4. The number of rotatable bonds is 7. The highest BCUT2D eigenvalue weighted by Crippen LogP contribution is 2.26. The first-order valence-corrected chi connectivity index (χ1v) is 11.8. The van der Waals surface area contributed by atoms with Crippen LogP contribution in [-0.2, 0) is 16.6 Å². The van der Waals surface area contributed by atoms with Crippen LogP contribution in [0.5, 0.6) is 0 Å². The Hall–Kier alpha value is -1.96. The van der Waals surface area contributed by atoms with Crippen molar-refractivity contribution in [1.82, 2.24) is 9.29 Å². The number of nitrogens with one attached hydrogen (secondary N) is 1. The van der Waals surface area contributed by atoms with Crippen molar-refractivity contribution in [2.45, 2.75) is 58.0 Å². The molecule has 0 spiro atoms. The predicted molar refractivity (Wildman–Crippen MR) is 116 cm³/mol. The van der Waals surface area contributed by atoms with Crippen LogP contribution in [-0.4, -0.2) is 13.0 Å². The SMILES string of the molecule is CCCn1c(=O)sc2cc(S(=O)(=O)NC(CC)c3ccc(C)cc3C)ccc21. The fourth-order valence-corrected chi connectivity index (χ4v) is 5.84. The van der Waals surface area contributed by atoms with Crippen molar-refractivity contribution in [2.24, 2.45) is 0 Å². The zero-order valence-corrected chi connectivity index (χ0v) is 18.3. The van der Waals surface area contributed by atoms with E-state index in [0.717, 1.165) is 40.0 Å². The van der Waals surface area contributed by atoms with Gasteiger partial charge in [0, 0.05) is 12.6 Å². The molecule has 5 nitrogen and oxygen atoms in total. The largest absolute Gasteiger partial charge is 0.308 e. The van der Waals surface area contributed by atoms with Crippen LogP contribution in [0.2, 0.25) is 0 Å². The molecule has 1 aromatic heterocycles. The highest BCUT2D eigenvalue weighted by Gasteiger charge is 2.22. The molecule has 3 aromatic rings. The van der Waals surface area contributed by atoms with E-state index in [1.165, 1.54) is 0 Å². The Kier molecular flexibility index (Phi) is 6.07. The number of aryl methyl sites for hydroxylation is 3. The summed E-state index contributed by atoms with van der Waals surface area (Å²) in [5, 5.41) is 0. The van der Waals surface area contributed by atoms with Crippen molar-refractivity contribution < 1.29 is 8.42 Å². The molecular weight excluding hydrogens is 392 g/mol. The summed E-state index contributed by atoms with van der Waals surface area (Å²) in [5.41, 5.74) is 3.99. The monoisotopic (exact) mass is 418 g/mol. The van der Waals surface area contributed by atoms with Crippen molar-refractivity contribution in [3.8, 4) is 0 Å². The van der Waals surface area contributed by atoms with Gasteiger partial charge in [0.15, 0.2) is 0 Å². The Bertz CT molecular complexity index is 1160. The first-order valence-electron chi connectivity index (χ1n) is 9.49. The van der Waals surface area contributed by atoms with Crippen LogP contribution in [0.3, 0.4) is 0 Å². The maximum Gasteiger partial charge on any atom is 0.308 e. The van der Waals surface area contributed by atoms with Crippen LogP contribution >= 0.6 is 11.3 Å². The summed E-state index contributed by atoms with van der Waals surface area (Å²) >= 11 is 1.09. The van der Waals surface area contributed by atoms with Gasteiger partial charge in [-0.25, -0.2) is 13.1 Å². The lowest BCUT2D eigenvalue weighted by molar-refractivity contribution is 0.549. The van der Waals surface area contributed by atoms with Gasteiger partial charge in [0.2, 0.25) is 10.0 Å². The van der Waals surface area contributed by atoms with Gasteiger partial charge in [0.05, 0.1) is 15.1 Å². The molecule has 0 saturated heterocycles. The Morgan fingerprint density at radius 2 is 1.86 bits per heavy atom. The van der Waals surface area contributed by atoms with E-state index in [1.807, 2.05) is 39.8 Å². The van der Waals surface area contributed by atoms with Crippen molar-refractivity contribution in [2.75, 3.05) is 0 Å². The van der Waals surface area contributed by atoms with E-state index in [0.29, 0.717) is 17.7 Å². The average molecular weight is 419 g/mol. The molecular formula is C21H26N2O3S2. The number of aromatic nitrogens is 1. The van der Waals surface area contributed by atoms with Crippen LogP contribution in [0, 0.1) is 13.8 Å². The second-order valence-electron chi connectivity index (χ2n) is 7.09. The number of nitrogens with zero attached hydrogens (tertiary/aromatic N) is 1. The van der Waals surface area contributed by atoms with Crippen LogP contribution in [0.4, 0.5) is 0 Å². The fourth-order valence-electron chi connectivity index (χ4n) is 3.49. The summed E-state index contributed by atoms with van der Waals surface area (Å²) in [5.74, 6) is 0. The van der Waals surface area contributed by atoms with E-state index in [4.69, 9.17) is 0 Å². The van der Waals surface area contributed by atoms with Crippen LogP contribution in [0.1, 0.15) is 49.4 Å². The van der Waals surface area contributed by atoms with Gasteiger partial charge in [0.25, 0.3) is 0 Å². The van der Waals surface area contributed by atoms with E-state index in [9.17, 15) is 13.2 Å². The zero-order chi connectivity index (χ0) is 20.5. The maximum atomic E-state index is 13.0. The third kappa shape index (κ3) is 4.06. The highest BCUT2D eigenvalue weighted by molar-refractivity contribution is 7.89. The molecule has 150 valence electrons. The first-order chi connectivity index (χ1) is 13.3. The standard InChI is InChI=1S/C21H26N2O3S2/c1-5-11-23-19-10-8-16(13-20(19)27-21(23)24)28(25,26)22-18(6-2)17-9-7-14(3)12-15(17)4/h7-10,12-13,18,22H,5-6,11H2,1-4H3. The molecule has 0 aliphatic rings. The molecule has 0 aliphatic heterocycles. The summed E-state index contributed by atoms with van der Waals surface area (Å²) < 4.78 is 31.3. The molecule has 3 rings (SSSR count). The van der Waals surface area contributed by atoms with E-state index in [2.05, 4.69) is 10.8 Å². The van der Waals surface area contributed by atoms with E-state index >= 15 is 0 Å². The third-order valence-corrected chi connectivity index (χ3v) is 7.31. The summed E-state index contributed by atoms with van der Waals surface area (Å²) in [6, 6.07) is 10.7. The number of hydrogen-bond donors (Lipinski definition) is 1.